The van der Waals surface area contributed by atoms with Crippen LogP contribution in [-0.2, 0) is 9.59 Å². The van der Waals surface area contributed by atoms with E-state index < -0.39 is 35.9 Å². The van der Waals surface area contributed by atoms with Crippen LogP contribution in [0.1, 0.15) is 57.6 Å². The van der Waals surface area contributed by atoms with E-state index in [9.17, 15) is 18.8 Å². The Kier molecular flexibility index (Phi) is 6.39. The number of urea groups is 1. The summed E-state index contributed by atoms with van der Waals surface area (Å²) in [5.74, 6) is -0.971. The van der Waals surface area contributed by atoms with Gasteiger partial charge in [-0.25, -0.2) is 9.18 Å². The molecule has 1 atom stereocenters. The lowest BCUT2D eigenvalue weighted by Gasteiger charge is -2.34. The first-order chi connectivity index (χ1) is 13.7. The van der Waals surface area contributed by atoms with E-state index in [-0.39, 0.29) is 16.0 Å². The molecule has 0 bridgehead atoms. The molecular weight excluding hydrogens is 420 g/mol. The molecule has 158 valence electrons. The van der Waals surface area contributed by atoms with Crippen molar-refractivity contribution in [3.8, 4) is 0 Å². The molecule has 1 aromatic carbocycles. The topological polar surface area (TPSA) is 78.5 Å². The number of imide groups is 1. The van der Waals surface area contributed by atoms with Gasteiger partial charge in [-0.05, 0) is 56.2 Å². The number of halogens is 3. The summed E-state index contributed by atoms with van der Waals surface area (Å²) < 4.78 is 13.7. The fourth-order valence-corrected chi connectivity index (χ4v) is 4.66. The predicted molar refractivity (Wildman–Crippen MR) is 108 cm³/mol. The third-order valence-corrected chi connectivity index (χ3v) is 6.58. The van der Waals surface area contributed by atoms with Gasteiger partial charge in [-0.15, -0.1) is 0 Å². The Labute approximate surface area is 179 Å². The molecule has 29 heavy (non-hydrogen) atoms. The summed E-state index contributed by atoms with van der Waals surface area (Å²) in [6.45, 7) is 3.35. The second kappa shape index (κ2) is 8.48. The highest BCUT2D eigenvalue weighted by atomic mass is 35.5. The minimum Gasteiger partial charge on any atom is -0.348 e. The molecule has 1 aliphatic carbocycles. The molecule has 1 unspecified atom stereocenters. The van der Waals surface area contributed by atoms with E-state index in [0.717, 1.165) is 30.2 Å². The molecule has 2 N–H and O–H groups in total. The minimum atomic E-state index is -0.892. The number of rotatable bonds is 5. The zero-order chi connectivity index (χ0) is 21.3. The number of nitrogens with one attached hydrogen (secondary N) is 2. The van der Waals surface area contributed by atoms with E-state index in [4.69, 9.17) is 23.2 Å². The van der Waals surface area contributed by atoms with E-state index >= 15 is 0 Å². The molecule has 0 radical (unpaired) electrons. The van der Waals surface area contributed by atoms with Crippen molar-refractivity contribution in [1.29, 1.82) is 0 Å². The van der Waals surface area contributed by atoms with Crippen LogP contribution in [0.4, 0.5) is 9.18 Å². The lowest BCUT2D eigenvalue weighted by atomic mass is 9.75. The molecule has 9 heteroatoms. The summed E-state index contributed by atoms with van der Waals surface area (Å²) >= 11 is 11.8. The van der Waals surface area contributed by atoms with Crippen LogP contribution in [0.2, 0.25) is 10.0 Å². The van der Waals surface area contributed by atoms with Gasteiger partial charge in [0.2, 0.25) is 5.91 Å². The van der Waals surface area contributed by atoms with Gasteiger partial charge in [0.05, 0.1) is 11.1 Å². The van der Waals surface area contributed by atoms with E-state index in [1.807, 2.05) is 0 Å². The average molecular weight is 444 g/mol. The van der Waals surface area contributed by atoms with E-state index in [1.54, 1.807) is 6.92 Å². The Bertz CT molecular complexity index is 841. The van der Waals surface area contributed by atoms with Gasteiger partial charge < -0.3 is 10.6 Å². The Balaban J connectivity index is 1.64. The first-order valence-corrected chi connectivity index (χ1v) is 10.5. The van der Waals surface area contributed by atoms with Gasteiger partial charge >= 0.3 is 6.03 Å². The predicted octanol–water partition coefficient (Wildman–Crippen LogP) is 4.20. The molecule has 4 amide bonds. The summed E-state index contributed by atoms with van der Waals surface area (Å²) in [6.07, 6.45) is 3.98. The van der Waals surface area contributed by atoms with Crippen LogP contribution in [0, 0.1) is 11.7 Å². The van der Waals surface area contributed by atoms with Crippen LogP contribution in [0.3, 0.4) is 0 Å². The quantitative estimate of drug-likeness (QED) is 0.528. The largest absolute Gasteiger partial charge is 0.348 e. The molecule has 3 rings (SSSR count). The summed E-state index contributed by atoms with van der Waals surface area (Å²) in [6, 6.07) is 1.24. The minimum absolute atomic E-state index is 0.111. The van der Waals surface area contributed by atoms with Crippen LogP contribution in [-0.4, -0.2) is 34.8 Å². The molecule has 1 aliphatic heterocycles. The molecule has 0 aromatic heterocycles. The standard InChI is InChI=1S/C20H24Cl2FN3O3/c1-3-12-4-6-20(7-5-12)18(28)26(19(29)25-20)10-17(27)24-11(2)13-8-16(23)15(22)9-14(13)21/h8-9,11-12H,3-7,10H2,1-2H3,(H,24,27)(H,25,29). The fourth-order valence-electron chi connectivity index (χ4n) is 4.12. The highest BCUT2D eigenvalue weighted by Gasteiger charge is 2.52. The Morgan fingerprint density at radius 2 is 1.97 bits per heavy atom. The molecule has 1 saturated heterocycles. The van der Waals surface area contributed by atoms with Crippen LogP contribution >= 0.6 is 23.2 Å². The number of carbonyl (C=O) groups is 3. The number of hydrogen-bond donors (Lipinski definition) is 2. The molecule has 2 aliphatic rings. The average Bonchev–Trinajstić information content (AvgIpc) is 2.89. The van der Waals surface area contributed by atoms with Crippen LogP contribution in [0.15, 0.2) is 12.1 Å². The maximum Gasteiger partial charge on any atom is 0.325 e. The number of carbonyl (C=O) groups excluding carboxylic acids is 3. The van der Waals surface area contributed by atoms with Crippen molar-refractivity contribution in [2.24, 2.45) is 5.92 Å². The summed E-state index contributed by atoms with van der Waals surface area (Å²) in [5, 5.41) is 5.55. The third kappa shape index (κ3) is 4.36. The Morgan fingerprint density at radius 1 is 1.31 bits per heavy atom. The first-order valence-electron chi connectivity index (χ1n) is 9.74. The molecular formula is C20H24Cl2FN3O3. The molecule has 6 nitrogen and oxygen atoms in total. The summed E-state index contributed by atoms with van der Waals surface area (Å²) in [4.78, 5) is 38.7. The summed E-state index contributed by atoms with van der Waals surface area (Å²) in [5.41, 5.74) is -0.537. The number of amides is 4. The molecule has 2 fully saturated rings. The third-order valence-electron chi connectivity index (χ3n) is 5.97. The molecule has 1 spiro atoms. The zero-order valence-corrected chi connectivity index (χ0v) is 17.9. The molecule has 1 heterocycles. The van der Waals surface area contributed by atoms with Crippen molar-refractivity contribution in [2.45, 2.75) is 57.5 Å². The number of hydrogen-bond acceptors (Lipinski definition) is 3. The Hall–Kier alpha value is -1.86. The van der Waals surface area contributed by atoms with Gasteiger partial charge in [0.15, 0.2) is 0 Å². The number of benzene rings is 1. The molecule has 1 aromatic rings. The monoisotopic (exact) mass is 443 g/mol. The summed E-state index contributed by atoms with van der Waals surface area (Å²) in [7, 11) is 0. The second-order valence-electron chi connectivity index (χ2n) is 7.83. The van der Waals surface area contributed by atoms with Gasteiger partial charge in [0.1, 0.15) is 17.9 Å². The highest BCUT2D eigenvalue weighted by Crippen LogP contribution is 2.37. The van der Waals surface area contributed by atoms with E-state index in [2.05, 4.69) is 17.6 Å². The van der Waals surface area contributed by atoms with Crippen molar-refractivity contribution in [2.75, 3.05) is 6.54 Å². The maximum absolute atomic E-state index is 13.7. The van der Waals surface area contributed by atoms with Crippen LogP contribution in [0.25, 0.3) is 0 Å². The lowest BCUT2D eigenvalue weighted by molar-refractivity contribution is -0.136. The van der Waals surface area contributed by atoms with Gasteiger partial charge in [-0.2, -0.15) is 0 Å². The highest BCUT2D eigenvalue weighted by molar-refractivity contribution is 6.35. The lowest BCUT2D eigenvalue weighted by Crippen LogP contribution is -2.50. The second-order valence-corrected chi connectivity index (χ2v) is 8.65. The normalized spacial score (nSPS) is 25.3. The first kappa shape index (κ1) is 21.8. The van der Waals surface area contributed by atoms with Crippen molar-refractivity contribution in [3.05, 3.63) is 33.6 Å². The SMILES string of the molecule is CCC1CCC2(CC1)NC(=O)N(CC(=O)NC(C)c1cc(F)c(Cl)cc1Cl)C2=O. The zero-order valence-electron chi connectivity index (χ0n) is 16.4. The van der Waals surface area contributed by atoms with Crippen LogP contribution < -0.4 is 10.6 Å². The number of nitrogens with zero attached hydrogens (tertiary/aromatic N) is 1. The maximum atomic E-state index is 13.7. The van der Waals surface area contributed by atoms with Gasteiger partial charge in [-0.1, -0.05) is 36.5 Å². The fraction of sp³-hybridized carbons (Fsp3) is 0.550. The Morgan fingerprint density at radius 3 is 2.59 bits per heavy atom. The van der Waals surface area contributed by atoms with Crippen molar-refractivity contribution in [1.82, 2.24) is 15.5 Å². The van der Waals surface area contributed by atoms with Crippen molar-refractivity contribution >= 4 is 41.0 Å². The van der Waals surface area contributed by atoms with Gasteiger partial charge in [0.25, 0.3) is 5.91 Å². The van der Waals surface area contributed by atoms with E-state index in [1.165, 1.54) is 6.07 Å². The van der Waals surface area contributed by atoms with Crippen LogP contribution in [0.5, 0.6) is 0 Å². The molecule has 1 saturated carbocycles. The van der Waals surface area contributed by atoms with Gasteiger partial charge in [-0.3, -0.25) is 14.5 Å². The smallest absolute Gasteiger partial charge is 0.325 e. The van der Waals surface area contributed by atoms with Gasteiger partial charge in [0, 0.05) is 5.02 Å². The van der Waals surface area contributed by atoms with Crippen molar-refractivity contribution in [3.63, 3.8) is 0 Å². The van der Waals surface area contributed by atoms with Crippen molar-refractivity contribution < 1.29 is 18.8 Å². The van der Waals surface area contributed by atoms with E-state index in [0.29, 0.717) is 24.3 Å².